The van der Waals surface area contributed by atoms with E-state index >= 15 is 0 Å². The van der Waals surface area contributed by atoms with Gasteiger partial charge in [0.2, 0.25) is 0 Å². The predicted octanol–water partition coefficient (Wildman–Crippen LogP) is 2.61. The summed E-state index contributed by atoms with van der Waals surface area (Å²) in [6, 6.07) is 0. The maximum Gasteiger partial charge on any atom is 0.303 e. The van der Waals surface area contributed by atoms with E-state index in [9.17, 15) is 30.0 Å². The summed E-state index contributed by atoms with van der Waals surface area (Å²) in [5.74, 6) is -1.70. The largest absolute Gasteiger partial charge is 0.465 e. The fourth-order valence-corrected chi connectivity index (χ4v) is 7.88. The lowest BCUT2D eigenvalue weighted by Gasteiger charge is -2.47. The summed E-state index contributed by atoms with van der Waals surface area (Å²) in [6.45, 7) is 16.0. The summed E-state index contributed by atoms with van der Waals surface area (Å²) in [6.07, 6.45) is -4.54. The van der Waals surface area contributed by atoms with Crippen LogP contribution < -0.4 is 0 Å². The molecule has 0 bridgehead atoms. The van der Waals surface area contributed by atoms with Crippen molar-refractivity contribution in [2.75, 3.05) is 26.9 Å². The third kappa shape index (κ3) is 7.91. The van der Waals surface area contributed by atoms with Crippen molar-refractivity contribution in [1.82, 2.24) is 0 Å². The molecule has 12 heteroatoms. The quantitative estimate of drug-likeness (QED) is 0.176. The first-order valence-corrected chi connectivity index (χ1v) is 17.0. The van der Waals surface area contributed by atoms with Gasteiger partial charge < -0.3 is 48.8 Å². The molecule has 3 aliphatic carbocycles. The number of carbonyl (C=O) groups is 2. The molecule has 13 atom stereocenters. The second kappa shape index (κ2) is 15.4. The average molecular weight is 681 g/mol. The van der Waals surface area contributed by atoms with Gasteiger partial charge >= 0.3 is 11.9 Å². The number of ether oxygens (including phenoxy) is 6. The Morgan fingerprint density at radius 3 is 2.40 bits per heavy atom. The van der Waals surface area contributed by atoms with Crippen molar-refractivity contribution in [3.05, 3.63) is 35.5 Å². The van der Waals surface area contributed by atoms with Gasteiger partial charge in [-0.1, -0.05) is 37.1 Å². The molecule has 0 aromatic heterocycles. The van der Waals surface area contributed by atoms with Gasteiger partial charge in [-0.2, -0.15) is 0 Å². The predicted molar refractivity (Wildman–Crippen MR) is 174 cm³/mol. The van der Waals surface area contributed by atoms with Gasteiger partial charge in [0.1, 0.15) is 24.4 Å². The van der Waals surface area contributed by atoms with Gasteiger partial charge in [0.05, 0.1) is 37.6 Å². The van der Waals surface area contributed by atoms with Gasteiger partial charge in [-0.15, -0.1) is 6.58 Å². The Balaban J connectivity index is 1.82. The summed E-state index contributed by atoms with van der Waals surface area (Å²) in [5.41, 5.74) is 0.746. The third-order valence-electron chi connectivity index (χ3n) is 10.8. The van der Waals surface area contributed by atoms with Crippen LogP contribution in [-0.4, -0.2) is 114 Å². The molecule has 12 nitrogen and oxygen atoms in total. The van der Waals surface area contributed by atoms with Gasteiger partial charge in [0.25, 0.3) is 0 Å². The van der Waals surface area contributed by atoms with Crippen molar-refractivity contribution in [2.24, 2.45) is 29.1 Å². The van der Waals surface area contributed by atoms with E-state index in [0.717, 1.165) is 24.0 Å². The number of hydrogen-bond donors (Lipinski definition) is 4. The number of aliphatic hydroxyl groups excluding tert-OH is 4. The van der Waals surface area contributed by atoms with Crippen LogP contribution in [0.15, 0.2) is 35.5 Å². The lowest BCUT2D eigenvalue weighted by atomic mass is 9.68. The number of rotatable bonds is 12. The highest BCUT2D eigenvalue weighted by Gasteiger charge is 2.56. The standard InChI is InChI=1S/C36H56O12/c1-10-35(6,7)45-17-26-30(41)33(46-21(5)38)31(42)34(47-26)48-32-28-24(18(2)15-44-20(4)37)13-27(39)36(28,8)14-25-22(16-43-9)11-12-23(25)19(3)29(32)40/h10,14,18-19,22-23,26-27,29-34,39-42H,1,11-13,15-17H2,2-9H3/b25-14-/t18-,19-,22-,23+,26-,27+,29-,30?,31?,32-,33?,34?,36+/m1/s1. The fourth-order valence-electron chi connectivity index (χ4n) is 7.88. The van der Waals surface area contributed by atoms with Crippen LogP contribution >= 0.6 is 0 Å². The highest BCUT2D eigenvalue weighted by atomic mass is 16.7. The number of hydrogen-bond acceptors (Lipinski definition) is 12. The van der Waals surface area contributed by atoms with E-state index in [4.69, 9.17) is 28.4 Å². The number of carbonyl (C=O) groups excluding carboxylic acids is 2. The van der Waals surface area contributed by atoms with Crippen LogP contribution in [0.3, 0.4) is 0 Å². The van der Waals surface area contributed by atoms with E-state index < -0.39 is 72.0 Å². The summed E-state index contributed by atoms with van der Waals surface area (Å²) in [5, 5.41) is 46.7. The zero-order valence-electron chi connectivity index (χ0n) is 29.6. The van der Waals surface area contributed by atoms with Crippen molar-refractivity contribution in [3.63, 3.8) is 0 Å². The minimum Gasteiger partial charge on any atom is -0.465 e. The van der Waals surface area contributed by atoms with Crippen LogP contribution in [0.25, 0.3) is 0 Å². The number of methoxy groups -OCH3 is 1. The first kappa shape index (κ1) is 38.6. The van der Waals surface area contributed by atoms with Crippen molar-refractivity contribution in [3.8, 4) is 0 Å². The Labute approximate surface area is 284 Å². The van der Waals surface area contributed by atoms with Gasteiger partial charge in [-0.3, -0.25) is 9.59 Å². The average Bonchev–Trinajstić information content (AvgIpc) is 3.52. The molecule has 0 spiro atoms. The van der Waals surface area contributed by atoms with Crippen LogP contribution in [0.1, 0.15) is 67.7 Å². The minimum absolute atomic E-state index is 0.0190. The van der Waals surface area contributed by atoms with Crippen LogP contribution in [0, 0.1) is 29.1 Å². The van der Waals surface area contributed by atoms with E-state index in [0.29, 0.717) is 12.2 Å². The molecule has 4 unspecified atom stereocenters. The molecule has 1 saturated carbocycles. The molecule has 1 aliphatic heterocycles. The molecular formula is C36H56O12. The first-order chi connectivity index (χ1) is 22.4. The van der Waals surface area contributed by atoms with E-state index in [1.165, 1.54) is 13.8 Å². The maximum atomic E-state index is 12.3. The Kier molecular flexibility index (Phi) is 12.4. The molecule has 0 aromatic rings. The molecule has 2 fully saturated rings. The third-order valence-corrected chi connectivity index (χ3v) is 10.8. The Hall–Kier alpha value is -2.16. The van der Waals surface area contributed by atoms with Crippen molar-refractivity contribution in [1.29, 1.82) is 0 Å². The zero-order valence-corrected chi connectivity index (χ0v) is 29.6. The molecule has 0 amide bonds. The number of aliphatic hydroxyl groups is 4. The highest BCUT2D eigenvalue weighted by molar-refractivity contribution is 5.66. The molecular weight excluding hydrogens is 624 g/mol. The monoisotopic (exact) mass is 680 g/mol. The second-order valence-electron chi connectivity index (χ2n) is 14.7. The topological polar surface area (TPSA) is 170 Å². The van der Waals surface area contributed by atoms with Crippen LogP contribution in [0.4, 0.5) is 0 Å². The minimum atomic E-state index is -1.63. The molecule has 1 saturated heterocycles. The van der Waals surface area contributed by atoms with E-state index in [1.54, 1.807) is 27.0 Å². The molecule has 1 heterocycles. The number of fused-ring (bicyclic) bond motifs is 2. The molecule has 0 aromatic carbocycles. The highest BCUT2D eigenvalue weighted by Crippen LogP contribution is 2.56. The van der Waals surface area contributed by atoms with Crippen molar-refractivity contribution < 1.29 is 58.4 Å². The Morgan fingerprint density at radius 1 is 1.10 bits per heavy atom. The van der Waals surface area contributed by atoms with Gasteiger partial charge in [0, 0.05) is 38.2 Å². The Bertz CT molecular complexity index is 1240. The Morgan fingerprint density at radius 2 is 1.79 bits per heavy atom. The van der Waals surface area contributed by atoms with Crippen LogP contribution in [-0.2, 0) is 38.0 Å². The van der Waals surface area contributed by atoms with Crippen molar-refractivity contribution >= 4 is 11.9 Å². The van der Waals surface area contributed by atoms with E-state index in [1.807, 2.05) is 20.8 Å². The lowest BCUT2D eigenvalue weighted by Crippen LogP contribution is -2.62. The number of esters is 2. The molecule has 48 heavy (non-hydrogen) atoms. The summed E-state index contributed by atoms with van der Waals surface area (Å²) < 4.78 is 35.1. The maximum absolute atomic E-state index is 12.3. The SMILES string of the molecule is C=CC(C)(C)OC[C@H]1OC(O[C@@H]2C3=C([C@H](C)COC(C)=O)C[C@H](O)[C@]3(C)/C=C3/[C@@H](COC)CC[C@H]3[C@@H](C)[C@H]2O)C(O)C(OC(C)=O)C1O. The smallest absolute Gasteiger partial charge is 0.303 e. The molecule has 4 rings (SSSR count). The zero-order chi connectivity index (χ0) is 35.7. The molecule has 4 N–H and O–H groups in total. The second-order valence-corrected chi connectivity index (χ2v) is 14.7. The fraction of sp³-hybridized carbons (Fsp3) is 0.778. The normalized spacial score (nSPS) is 40.2. The van der Waals surface area contributed by atoms with Crippen LogP contribution in [0.2, 0.25) is 0 Å². The summed E-state index contributed by atoms with van der Waals surface area (Å²) in [4.78, 5) is 23.8. The molecule has 272 valence electrons. The first-order valence-electron chi connectivity index (χ1n) is 17.0. The van der Waals surface area contributed by atoms with Crippen molar-refractivity contribution in [2.45, 2.75) is 122 Å². The molecule has 0 radical (unpaired) electrons. The van der Waals surface area contributed by atoms with E-state index in [-0.39, 0.29) is 43.3 Å². The summed E-state index contributed by atoms with van der Waals surface area (Å²) in [7, 11) is 1.66. The van der Waals surface area contributed by atoms with Gasteiger partial charge in [-0.05, 0) is 57.4 Å². The lowest BCUT2D eigenvalue weighted by molar-refractivity contribution is -0.320. The van der Waals surface area contributed by atoms with Gasteiger partial charge in [0.15, 0.2) is 12.4 Å². The van der Waals surface area contributed by atoms with E-state index in [2.05, 4.69) is 12.7 Å². The molecule has 4 aliphatic rings. The van der Waals surface area contributed by atoms with Gasteiger partial charge in [-0.25, -0.2) is 0 Å². The summed E-state index contributed by atoms with van der Waals surface area (Å²) >= 11 is 0. The van der Waals surface area contributed by atoms with Crippen LogP contribution in [0.5, 0.6) is 0 Å².